The molecule has 114 valence electrons. The molecule has 0 aliphatic rings. The zero-order valence-corrected chi connectivity index (χ0v) is 13.2. The predicted molar refractivity (Wildman–Crippen MR) is 86.8 cm³/mol. The molecule has 1 N–H and O–H groups in total. The number of hydrogen-bond donors (Lipinski definition) is 1. The molecule has 0 aliphatic heterocycles. The summed E-state index contributed by atoms with van der Waals surface area (Å²) in [6.45, 7) is 5.73. The average molecular weight is 287 g/mol. The van der Waals surface area contributed by atoms with Crippen LogP contribution in [0.3, 0.4) is 0 Å². The number of nitrogens with zero attached hydrogens (tertiary/aromatic N) is 2. The van der Waals surface area contributed by atoms with Crippen LogP contribution in [-0.2, 0) is 11.2 Å². The van der Waals surface area contributed by atoms with E-state index in [4.69, 9.17) is 4.74 Å². The largest absolute Gasteiger partial charge is 0.383 e. The van der Waals surface area contributed by atoms with Gasteiger partial charge in [0, 0.05) is 25.9 Å². The lowest BCUT2D eigenvalue weighted by atomic mass is 10.1. The van der Waals surface area contributed by atoms with Crippen LogP contribution in [0.15, 0.2) is 36.5 Å². The van der Waals surface area contributed by atoms with E-state index >= 15 is 0 Å². The number of rotatable bonds is 8. The molecule has 1 unspecified atom stereocenters. The van der Waals surface area contributed by atoms with E-state index in [0.717, 1.165) is 31.0 Å². The Morgan fingerprint density at radius 2 is 2.05 bits per heavy atom. The van der Waals surface area contributed by atoms with Crippen molar-refractivity contribution in [1.29, 1.82) is 0 Å². The maximum absolute atomic E-state index is 5.08. The summed E-state index contributed by atoms with van der Waals surface area (Å²) in [5, 5.41) is 3.34. The number of methoxy groups -OCH3 is 1. The molecule has 0 bridgehead atoms. The zero-order valence-electron chi connectivity index (χ0n) is 13.2. The highest BCUT2D eigenvalue weighted by Crippen LogP contribution is 2.20. The fraction of sp³-hybridized carbons (Fsp3) is 0.471. The lowest BCUT2D eigenvalue weighted by molar-refractivity contribution is 0.210. The molecule has 1 aromatic carbocycles. The molecule has 0 fully saturated rings. The number of benzene rings is 1. The molecule has 0 saturated heterocycles. The van der Waals surface area contributed by atoms with E-state index in [1.54, 1.807) is 7.11 Å². The highest BCUT2D eigenvalue weighted by Gasteiger charge is 2.11. The summed E-state index contributed by atoms with van der Waals surface area (Å²) in [4.78, 5) is 4.55. The normalized spacial score (nSPS) is 12.3. The quantitative estimate of drug-likeness (QED) is 0.756. The Balaban J connectivity index is 1.96. The van der Waals surface area contributed by atoms with Crippen LogP contribution in [0.4, 0.5) is 5.95 Å². The third-order valence-corrected chi connectivity index (χ3v) is 3.61. The summed E-state index contributed by atoms with van der Waals surface area (Å²) in [5.74, 6) is 0.935. The summed E-state index contributed by atoms with van der Waals surface area (Å²) in [7, 11) is 1.71. The van der Waals surface area contributed by atoms with Gasteiger partial charge < -0.3 is 14.6 Å². The average Bonchev–Trinajstić information content (AvgIpc) is 2.87. The summed E-state index contributed by atoms with van der Waals surface area (Å²) in [6.07, 6.45) is 4.29. The molecule has 1 atom stereocenters. The van der Waals surface area contributed by atoms with E-state index < -0.39 is 0 Å². The van der Waals surface area contributed by atoms with Gasteiger partial charge in [0.15, 0.2) is 0 Å². The van der Waals surface area contributed by atoms with E-state index in [0.29, 0.717) is 12.6 Å². The number of anilines is 1. The smallest absolute Gasteiger partial charge is 0.203 e. The standard InChI is InChI=1S/C17H25N3O/c1-14-13-20(17(19-14)18-11-12-21-3)15(2)9-10-16-7-5-4-6-8-16/h4-8,13,15H,9-12H2,1-3H3,(H,18,19). The van der Waals surface area contributed by atoms with Crippen LogP contribution in [0.1, 0.15) is 30.6 Å². The topological polar surface area (TPSA) is 39.1 Å². The van der Waals surface area contributed by atoms with E-state index in [1.165, 1.54) is 5.56 Å². The van der Waals surface area contributed by atoms with Crippen LogP contribution in [0.25, 0.3) is 0 Å². The van der Waals surface area contributed by atoms with Crippen LogP contribution in [0.5, 0.6) is 0 Å². The number of hydrogen-bond acceptors (Lipinski definition) is 3. The minimum absolute atomic E-state index is 0.413. The van der Waals surface area contributed by atoms with Crippen molar-refractivity contribution in [3.63, 3.8) is 0 Å². The highest BCUT2D eigenvalue weighted by atomic mass is 16.5. The number of aromatic nitrogens is 2. The Bertz CT molecular complexity index is 536. The summed E-state index contributed by atoms with van der Waals surface area (Å²) in [5.41, 5.74) is 2.43. The van der Waals surface area contributed by atoms with Crippen molar-refractivity contribution in [2.45, 2.75) is 32.7 Å². The van der Waals surface area contributed by atoms with Crippen LogP contribution in [-0.4, -0.2) is 29.8 Å². The van der Waals surface area contributed by atoms with Crippen LogP contribution in [0.2, 0.25) is 0 Å². The number of aryl methyl sites for hydroxylation is 2. The van der Waals surface area contributed by atoms with Gasteiger partial charge in [0.25, 0.3) is 0 Å². The van der Waals surface area contributed by atoms with Crippen molar-refractivity contribution < 1.29 is 4.74 Å². The van der Waals surface area contributed by atoms with Crippen LogP contribution in [0, 0.1) is 6.92 Å². The molecule has 1 heterocycles. The van der Waals surface area contributed by atoms with Gasteiger partial charge in [0.1, 0.15) is 0 Å². The van der Waals surface area contributed by atoms with Gasteiger partial charge in [0.2, 0.25) is 5.95 Å². The van der Waals surface area contributed by atoms with Gasteiger partial charge >= 0.3 is 0 Å². The number of ether oxygens (including phenoxy) is 1. The Kier molecular flexibility index (Phi) is 5.81. The van der Waals surface area contributed by atoms with Gasteiger partial charge in [-0.25, -0.2) is 4.98 Å². The van der Waals surface area contributed by atoms with Crippen molar-refractivity contribution in [3.05, 3.63) is 47.8 Å². The lowest BCUT2D eigenvalue weighted by Gasteiger charge is -2.17. The Morgan fingerprint density at radius 3 is 2.76 bits per heavy atom. The van der Waals surface area contributed by atoms with Gasteiger partial charge in [-0.2, -0.15) is 0 Å². The maximum atomic E-state index is 5.08. The van der Waals surface area contributed by atoms with Gasteiger partial charge in [0.05, 0.1) is 12.3 Å². The van der Waals surface area contributed by atoms with Crippen molar-refractivity contribution in [1.82, 2.24) is 9.55 Å². The molecular formula is C17H25N3O. The molecule has 1 aromatic heterocycles. The van der Waals surface area contributed by atoms with Crippen LogP contribution < -0.4 is 5.32 Å². The molecule has 0 saturated carbocycles. The minimum Gasteiger partial charge on any atom is -0.383 e. The summed E-state index contributed by atoms with van der Waals surface area (Å²) >= 11 is 0. The first-order valence-electron chi connectivity index (χ1n) is 7.53. The van der Waals surface area contributed by atoms with E-state index in [-0.39, 0.29) is 0 Å². The molecule has 2 rings (SSSR count). The Morgan fingerprint density at radius 1 is 1.29 bits per heavy atom. The van der Waals surface area contributed by atoms with E-state index in [2.05, 4.69) is 58.3 Å². The third-order valence-electron chi connectivity index (χ3n) is 3.61. The lowest BCUT2D eigenvalue weighted by Crippen LogP contribution is -2.14. The Labute approximate surface area is 127 Å². The van der Waals surface area contributed by atoms with Crippen molar-refractivity contribution in [2.75, 3.05) is 25.6 Å². The second-order valence-corrected chi connectivity index (χ2v) is 5.41. The molecule has 2 aromatic rings. The maximum Gasteiger partial charge on any atom is 0.203 e. The molecule has 0 amide bonds. The minimum atomic E-state index is 0.413. The fourth-order valence-electron chi connectivity index (χ4n) is 2.41. The zero-order chi connectivity index (χ0) is 15.1. The molecule has 21 heavy (non-hydrogen) atoms. The second kappa shape index (κ2) is 7.84. The third kappa shape index (κ3) is 4.60. The molecule has 0 radical (unpaired) electrons. The van der Waals surface area contributed by atoms with Gasteiger partial charge in [-0.15, -0.1) is 0 Å². The highest BCUT2D eigenvalue weighted by molar-refractivity contribution is 5.29. The number of nitrogens with one attached hydrogen (secondary N) is 1. The first-order valence-corrected chi connectivity index (χ1v) is 7.53. The first-order chi connectivity index (χ1) is 10.2. The second-order valence-electron chi connectivity index (χ2n) is 5.41. The molecule has 4 heteroatoms. The summed E-state index contributed by atoms with van der Waals surface area (Å²) < 4.78 is 7.31. The fourth-order valence-corrected chi connectivity index (χ4v) is 2.41. The first kappa shape index (κ1) is 15.6. The van der Waals surface area contributed by atoms with Gasteiger partial charge in [-0.3, -0.25) is 0 Å². The SMILES string of the molecule is COCCNc1nc(C)cn1C(C)CCc1ccccc1. The van der Waals surface area contributed by atoms with Crippen molar-refractivity contribution in [3.8, 4) is 0 Å². The van der Waals surface area contributed by atoms with E-state index in [9.17, 15) is 0 Å². The van der Waals surface area contributed by atoms with Gasteiger partial charge in [-0.05, 0) is 32.3 Å². The monoisotopic (exact) mass is 287 g/mol. The Hall–Kier alpha value is -1.81. The molecule has 0 spiro atoms. The molecule has 0 aliphatic carbocycles. The molecular weight excluding hydrogens is 262 g/mol. The van der Waals surface area contributed by atoms with Crippen molar-refractivity contribution >= 4 is 5.95 Å². The van der Waals surface area contributed by atoms with Crippen molar-refractivity contribution in [2.24, 2.45) is 0 Å². The van der Waals surface area contributed by atoms with E-state index in [1.807, 2.05) is 6.92 Å². The van der Waals surface area contributed by atoms with Crippen LogP contribution >= 0.6 is 0 Å². The predicted octanol–water partition coefficient (Wildman–Crippen LogP) is 3.44. The number of imidazole rings is 1. The van der Waals surface area contributed by atoms with Gasteiger partial charge in [-0.1, -0.05) is 30.3 Å². The summed E-state index contributed by atoms with van der Waals surface area (Å²) in [6, 6.07) is 11.0. The molecule has 4 nitrogen and oxygen atoms in total.